The molecule has 123 heavy (non-hydrogen) atoms. The van der Waals surface area contributed by atoms with Crippen LogP contribution in [0, 0.1) is 0 Å². The Balaban J connectivity index is 0.000000179. The van der Waals surface area contributed by atoms with Gasteiger partial charge in [-0.05, 0) is 151 Å². The number of nitrogens with zero attached hydrogens (tertiary/aromatic N) is 3. The summed E-state index contributed by atoms with van der Waals surface area (Å²) in [4.78, 5) is 41.2. The molecule has 15 rings (SSSR count). The van der Waals surface area contributed by atoms with Crippen molar-refractivity contribution < 1.29 is 29.3 Å². The minimum absolute atomic E-state index is 0.320. The molecule has 0 radical (unpaired) electrons. The summed E-state index contributed by atoms with van der Waals surface area (Å²) in [5.74, 6) is 1.01. The van der Waals surface area contributed by atoms with Crippen molar-refractivity contribution in [3.05, 3.63) is 520 Å². The molecular formula is C109H102ClN3O6S4. The number of aromatic carboxylic acids is 1. The Morgan fingerprint density at radius 1 is 0.268 bits per heavy atom. The lowest BCUT2D eigenvalue weighted by Crippen LogP contribution is -2.33. The van der Waals surface area contributed by atoms with Crippen molar-refractivity contribution in [2.75, 3.05) is 80.0 Å². The lowest BCUT2D eigenvalue weighted by Gasteiger charge is -2.38. The molecule has 0 aromatic heterocycles. The van der Waals surface area contributed by atoms with E-state index in [-0.39, 0.29) is 5.97 Å². The summed E-state index contributed by atoms with van der Waals surface area (Å²) in [5, 5.41) is 20.0. The molecule has 15 aromatic carbocycles. The van der Waals surface area contributed by atoms with Crippen LogP contribution in [0.4, 0.5) is 17.1 Å². The van der Waals surface area contributed by atoms with Gasteiger partial charge in [0.05, 0.1) is 36.2 Å². The van der Waals surface area contributed by atoms with Gasteiger partial charge in [0.2, 0.25) is 0 Å². The zero-order chi connectivity index (χ0) is 86.3. The monoisotopic (exact) mass is 1710 g/mol. The van der Waals surface area contributed by atoms with Crippen molar-refractivity contribution in [1.82, 2.24) is 0 Å². The van der Waals surface area contributed by atoms with Gasteiger partial charge in [0, 0.05) is 87.9 Å². The Morgan fingerprint density at radius 3 is 0.610 bits per heavy atom. The number of esters is 1. The fraction of sp³-hybridized carbons (Fsp3) is 0.147. The smallest absolute Gasteiger partial charge is 0.338 e. The van der Waals surface area contributed by atoms with E-state index in [4.69, 9.17) is 21.4 Å². The average molecular weight is 1710 g/mol. The van der Waals surface area contributed by atoms with Crippen LogP contribution in [0.1, 0.15) is 97.8 Å². The molecular weight excluding hydrogens is 1610 g/mol. The minimum Gasteiger partial charge on any atom is -0.478 e. The van der Waals surface area contributed by atoms with Crippen molar-refractivity contribution in [2.24, 2.45) is 0 Å². The van der Waals surface area contributed by atoms with Crippen LogP contribution in [0.2, 0.25) is 0 Å². The summed E-state index contributed by atoms with van der Waals surface area (Å²) in [5.41, 5.74) is 18.7. The fourth-order valence-corrected chi connectivity index (χ4v) is 21.4. The standard InChI is InChI=1S/C50H45NO2S2.C41H36OS2.C9H10ClNO.C9H11NO2/c1-51(2)46-35-33-39(34-36-46)48(52)53-47(37-54-49(40-21-9-3-10-22-40,41-23-11-4-12-24-41)42-25-13-5-14-26-42)38-55-50(43-27-15-6-16-28-43,44-29-17-7-18-30-44)45-31-19-8-20-32-45;42-39(31-43-40(33-19-7-1-8-20-33,34-21-9-2-10-22-34)35-23-11-3-12-24-35)32-44-41(36-25-13-4-14-26-36,37-27-15-5-16-28-37)38-29-17-6-18-30-38;1-11(2)8-5-3-7(4-6-8)9(10)12;1-10(2)8-5-3-7(4-6-8)9(11)12/h3-36,47H,37-38H2,1-2H3;1-30,39,42H,31-32H2;3-6H,1-2H3;3-6H,1-2H3,(H,11,12). The SMILES string of the molecule is CN(C)c1ccc(C(=O)Cl)cc1.CN(C)c1ccc(C(=O)O)cc1.CN(C)c1ccc(C(=O)OC(CSC(c2ccccc2)(c2ccccc2)c2ccccc2)CSC(c2ccccc2)(c2ccccc2)c2ccccc2)cc1.OC(CSC(c1ccccc1)(c1ccccc1)c1ccccc1)CSC(c1ccccc1)(c1ccccc1)c1ccccc1. The van der Waals surface area contributed by atoms with Gasteiger partial charge in [-0.3, -0.25) is 4.79 Å². The molecule has 0 saturated carbocycles. The molecule has 0 fully saturated rings. The van der Waals surface area contributed by atoms with E-state index in [2.05, 4.69) is 364 Å². The van der Waals surface area contributed by atoms with Gasteiger partial charge in [-0.25, -0.2) is 9.59 Å². The molecule has 0 spiro atoms. The van der Waals surface area contributed by atoms with E-state index in [0.29, 0.717) is 39.7 Å². The zero-order valence-corrected chi connectivity index (χ0v) is 74.0. The predicted molar refractivity (Wildman–Crippen MR) is 521 cm³/mol. The molecule has 0 saturated heterocycles. The first-order valence-electron chi connectivity index (χ1n) is 40.8. The molecule has 0 aliphatic rings. The number of carboxylic acid groups (broad SMARTS) is 1. The maximum atomic E-state index is 14.2. The van der Waals surface area contributed by atoms with Gasteiger partial charge in [0.25, 0.3) is 5.24 Å². The zero-order valence-electron chi connectivity index (χ0n) is 69.9. The second-order valence-corrected chi connectivity index (χ2v) is 35.2. The number of halogens is 1. The molecule has 0 aliphatic heterocycles. The molecule has 0 atom stereocenters. The Hall–Kier alpha value is -12.0. The predicted octanol–water partition coefficient (Wildman–Crippen LogP) is 25.1. The Bertz CT molecular complexity index is 4950. The number of rotatable bonds is 31. The highest BCUT2D eigenvalue weighted by Gasteiger charge is 2.43. The number of hydrogen-bond donors (Lipinski definition) is 2. The molecule has 15 aromatic rings. The lowest BCUT2D eigenvalue weighted by atomic mass is 9.84. The number of hydrogen-bond acceptors (Lipinski definition) is 12. The summed E-state index contributed by atoms with van der Waals surface area (Å²) in [6.45, 7) is 0. The fourth-order valence-electron chi connectivity index (χ4n) is 15.0. The number of carbonyl (C=O) groups excluding carboxylic acids is 2. The maximum absolute atomic E-state index is 14.2. The van der Waals surface area contributed by atoms with E-state index in [1.165, 1.54) is 66.8 Å². The third kappa shape index (κ3) is 22.6. The average Bonchev–Trinajstić information content (AvgIpc) is 0.772. The molecule has 0 unspecified atom stereocenters. The number of thioether (sulfide) groups is 4. The molecule has 0 heterocycles. The van der Waals surface area contributed by atoms with Gasteiger partial charge in [-0.2, -0.15) is 0 Å². The van der Waals surface area contributed by atoms with E-state index in [0.717, 1.165) is 17.1 Å². The second kappa shape index (κ2) is 44.7. The van der Waals surface area contributed by atoms with Crippen LogP contribution >= 0.6 is 58.6 Å². The first-order valence-corrected chi connectivity index (χ1v) is 45.1. The highest BCUT2D eigenvalue weighted by Crippen LogP contribution is 2.54. The molecule has 0 bridgehead atoms. The van der Waals surface area contributed by atoms with E-state index in [1.54, 1.807) is 36.4 Å². The summed E-state index contributed by atoms with van der Waals surface area (Å²) in [6.07, 6.45) is -1.00. The normalized spacial score (nSPS) is 11.3. The largest absolute Gasteiger partial charge is 0.478 e. The van der Waals surface area contributed by atoms with Crippen LogP contribution in [0.5, 0.6) is 0 Å². The number of carbonyl (C=O) groups is 3. The van der Waals surface area contributed by atoms with Crippen molar-refractivity contribution in [1.29, 1.82) is 0 Å². The number of aliphatic hydroxyl groups excluding tert-OH is 1. The van der Waals surface area contributed by atoms with Crippen LogP contribution in [-0.4, -0.2) is 105 Å². The molecule has 620 valence electrons. The van der Waals surface area contributed by atoms with Crippen LogP contribution in [0.3, 0.4) is 0 Å². The van der Waals surface area contributed by atoms with Crippen molar-refractivity contribution in [3.8, 4) is 0 Å². The van der Waals surface area contributed by atoms with Crippen molar-refractivity contribution >= 4 is 92.9 Å². The number of benzene rings is 15. The summed E-state index contributed by atoms with van der Waals surface area (Å²) < 4.78 is 4.58. The van der Waals surface area contributed by atoms with Gasteiger partial charge in [0.1, 0.15) is 6.10 Å². The molecule has 2 N–H and O–H groups in total. The Labute approximate surface area is 747 Å². The number of anilines is 3. The van der Waals surface area contributed by atoms with E-state index < -0.39 is 42.4 Å². The van der Waals surface area contributed by atoms with Crippen molar-refractivity contribution in [3.63, 3.8) is 0 Å². The van der Waals surface area contributed by atoms with Crippen molar-refractivity contribution in [2.45, 2.75) is 31.2 Å². The highest BCUT2D eigenvalue weighted by molar-refractivity contribution is 8.02. The highest BCUT2D eigenvalue weighted by atomic mass is 35.5. The Kier molecular flexibility index (Phi) is 32.8. The van der Waals surface area contributed by atoms with E-state index in [1.807, 2.05) is 140 Å². The summed E-state index contributed by atoms with van der Waals surface area (Å²) >= 11 is 12.5. The Morgan fingerprint density at radius 2 is 0.439 bits per heavy atom. The van der Waals surface area contributed by atoms with Crippen LogP contribution in [0.15, 0.2) is 437 Å². The van der Waals surface area contributed by atoms with Gasteiger partial charge in [-0.15, -0.1) is 47.0 Å². The van der Waals surface area contributed by atoms with Gasteiger partial charge in [0.15, 0.2) is 0 Å². The number of carboxylic acids is 1. The molecule has 0 amide bonds. The quantitative estimate of drug-likeness (QED) is 0.0245. The van der Waals surface area contributed by atoms with Crippen LogP contribution in [-0.2, 0) is 23.7 Å². The van der Waals surface area contributed by atoms with Gasteiger partial charge < -0.3 is 29.6 Å². The van der Waals surface area contributed by atoms with Gasteiger partial charge >= 0.3 is 11.9 Å². The number of ether oxygens (including phenoxy) is 1. The van der Waals surface area contributed by atoms with E-state index >= 15 is 0 Å². The summed E-state index contributed by atoms with van der Waals surface area (Å²) in [7, 11) is 11.7. The molecule has 14 heteroatoms. The number of aliphatic hydroxyl groups is 1. The first-order chi connectivity index (χ1) is 60.0. The maximum Gasteiger partial charge on any atom is 0.338 e. The minimum atomic E-state index is -0.889. The molecule has 0 aliphatic carbocycles. The van der Waals surface area contributed by atoms with Crippen LogP contribution in [0.25, 0.3) is 0 Å². The van der Waals surface area contributed by atoms with E-state index in [9.17, 15) is 19.5 Å². The lowest BCUT2D eigenvalue weighted by molar-refractivity contribution is 0.0393. The third-order valence-corrected chi connectivity index (χ3v) is 28.2. The third-order valence-electron chi connectivity index (χ3n) is 21.3. The van der Waals surface area contributed by atoms with Gasteiger partial charge in [-0.1, -0.05) is 364 Å². The molecule has 9 nitrogen and oxygen atoms in total. The second-order valence-electron chi connectivity index (χ2n) is 29.9. The first kappa shape index (κ1) is 90.2. The summed E-state index contributed by atoms with van der Waals surface area (Å²) in [6, 6.07) is 150. The topological polar surface area (TPSA) is 111 Å². The van der Waals surface area contributed by atoms with Crippen LogP contribution < -0.4 is 14.7 Å².